The van der Waals surface area contributed by atoms with Gasteiger partial charge in [-0.25, -0.2) is 0 Å². The zero-order valence-electron chi connectivity index (χ0n) is 33.3. The van der Waals surface area contributed by atoms with Crippen LogP contribution in [0.3, 0.4) is 0 Å². The fourth-order valence-electron chi connectivity index (χ4n) is 5.97. The van der Waals surface area contributed by atoms with Crippen molar-refractivity contribution in [2.45, 2.75) is 212 Å². The number of carbonyl (C=O) groups is 2. The van der Waals surface area contributed by atoms with Crippen LogP contribution in [0, 0.1) is 0 Å². The van der Waals surface area contributed by atoms with E-state index in [1.807, 2.05) is 12.2 Å². The Hall–Kier alpha value is -2.18. The molecule has 0 rings (SSSR count). The Morgan fingerprint density at radius 2 is 1.00 bits per heavy atom. The zero-order valence-corrected chi connectivity index (χ0v) is 33.3. The number of rotatable bonds is 38. The van der Waals surface area contributed by atoms with E-state index in [4.69, 9.17) is 4.74 Å². The van der Waals surface area contributed by atoms with Crippen LogP contribution in [0.15, 0.2) is 48.6 Å². The number of carbonyl (C=O) groups excluding carboxylic acids is 2. The van der Waals surface area contributed by atoms with E-state index in [2.05, 4.69) is 49.5 Å². The number of hydrogen-bond acceptors (Lipinski definition) is 5. The molecular formula is C45H81NO5. The lowest BCUT2D eigenvalue weighted by Gasteiger charge is -2.19. The summed E-state index contributed by atoms with van der Waals surface area (Å²) >= 11 is 0. The summed E-state index contributed by atoms with van der Waals surface area (Å²) in [4.78, 5) is 24.2. The molecule has 3 N–H and O–H groups in total. The van der Waals surface area contributed by atoms with Crippen molar-refractivity contribution in [1.82, 2.24) is 5.32 Å². The lowest BCUT2D eigenvalue weighted by Crippen LogP contribution is -2.45. The van der Waals surface area contributed by atoms with E-state index in [1.54, 1.807) is 6.08 Å². The van der Waals surface area contributed by atoms with E-state index < -0.39 is 12.1 Å². The number of aliphatic hydroxyl groups excluding tert-OH is 2. The van der Waals surface area contributed by atoms with Gasteiger partial charge in [-0.2, -0.15) is 0 Å². The van der Waals surface area contributed by atoms with Crippen molar-refractivity contribution in [2.24, 2.45) is 0 Å². The van der Waals surface area contributed by atoms with Gasteiger partial charge in [-0.05, 0) is 77.0 Å². The number of unbranched alkanes of at least 4 members (excludes halogenated alkanes) is 21. The number of allylic oxidation sites excluding steroid dienone is 7. The summed E-state index contributed by atoms with van der Waals surface area (Å²) in [5.41, 5.74) is 0. The molecule has 51 heavy (non-hydrogen) atoms. The maximum atomic E-state index is 12.3. The van der Waals surface area contributed by atoms with Gasteiger partial charge in [0.2, 0.25) is 5.91 Å². The molecule has 0 aromatic rings. The lowest BCUT2D eigenvalue weighted by atomic mass is 10.1. The van der Waals surface area contributed by atoms with Gasteiger partial charge in [0.05, 0.1) is 25.4 Å². The largest absolute Gasteiger partial charge is 0.466 e. The number of aliphatic hydroxyl groups is 2. The smallest absolute Gasteiger partial charge is 0.305 e. The summed E-state index contributed by atoms with van der Waals surface area (Å²) < 4.78 is 5.42. The second-order valence-corrected chi connectivity index (χ2v) is 14.3. The lowest BCUT2D eigenvalue weighted by molar-refractivity contribution is -0.143. The van der Waals surface area contributed by atoms with Gasteiger partial charge in [0, 0.05) is 12.8 Å². The van der Waals surface area contributed by atoms with E-state index in [0.717, 1.165) is 51.4 Å². The molecule has 0 heterocycles. The average Bonchev–Trinajstić information content (AvgIpc) is 3.13. The van der Waals surface area contributed by atoms with Crippen LogP contribution in [0.1, 0.15) is 200 Å². The molecule has 6 nitrogen and oxygen atoms in total. The van der Waals surface area contributed by atoms with Gasteiger partial charge < -0.3 is 20.3 Å². The molecule has 0 fully saturated rings. The highest BCUT2D eigenvalue weighted by Crippen LogP contribution is 2.12. The molecule has 0 aliphatic heterocycles. The fourth-order valence-corrected chi connectivity index (χ4v) is 5.97. The summed E-state index contributed by atoms with van der Waals surface area (Å²) in [7, 11) is 0. The molecule has 0 saturated heterocycles. The number of nitrogens with one attached hydrogen (secondary N) is 1. The summed E-state index contributed by atoms with van der Waals surface area (Å²) in [6, 6.07) is -0.670. The van der Waals surface area contributed by atoms with E-state index in [1.165, 1.54) is 116 Å². The molecule has 296 valence electrons. The Kier molecular flexibility index (Phi) is 38.9. The predicted octanol–water partition coefficient (Wildman–Crippen LogP) is 11.9. The van der Waals surface area contributed by atoms with Crippen LogP contribution in [-0.2, 0) is 14.3 Å². The molecular weight excluding hydrogens is 634 g/mol. The normalized spacial score (nSPS) is 13.3. The number of amides is 1. The summed E-state index contributed by atoms with van der Waals surface area (Å²) in [6.07, 6.45) is 48.2. The molecule has 0 aliphatic rings. The minimum atomic E-state index is -0.877. The third-order valence-corrected chi connectivity index (χ3v) is 9.33. The monoisotopic (exact) mass is 716 g/mol. The maximum Gasteiger partial charge on any atom is 0.305 e. The van der Waals surface area contributed by atoms with Crippen LogP contribution in [0.4, 0.5) is 0 Å². The van der Waals surface area contributed by atoms with E-state index in [-0.39, 0.29) is 18.5 Å². The first-order valence-corrected chi connectivity index (χ1v) is 21.4. The molecule has 0 aliphatic carbocycles. The van der Waals surface area contributed by atoms with Crippen molar-refractivity contribution in [3.8, 4) is 0 Å². The fraction of sp³-hybridized carbons (Fsp3) is 0.778. The Morgan fingerprint density at radius 3 is 1.59 bits per heavy atom. The molecule has 0 saturated carbocycles. The average molecular weight is 716 g/mol. The molecule has 0 bridgehead atoms. The van der Waals surface area contributed by atoms with Crippen LogP contribution in [0.5, 0.6) is 0 Å². The van der Waals surface area contributed by atoms with Crippen molar-refractivity contribution in [3.05, 3.63) is 48.6 Å². The summed E-state index contributed by atoms with van der Waals surface area (Å²) in [6.45, 7) is 4.75. The first kappa shape index (κ1) is 48.8. The van der Waals surface area contributed by atoms with Gasteiger partial charge in [0.15, 0.2) is 0 Å². The minimum absolute atomic E-state index is 0.0306. The van der Waals surface area contributed by atoms with Crippen LogP contribution in [0.25, 0.3) is 0 Å². The van der Waals surface area contributed by atoms with Crippen LogP contribution in [-0.4, -0.2) is 47.4 Å². The Morgan fingerprint density at radius 1 is 0.549 bits per heavy atom. The SMILES string of the molecule is CCCCC/C=C\CCCCCCCC(=O)OCCCCCCCC/C=C\C/C=C\CCC(=O)NC(CO)C(O)/C=C/CCCCCCCCC. The van der Waals surface area contributed by atoms with Crippen LogP contribution in [0.2, 0.25) is 0 Å². The molecule has 1 amide bonds. The topological polar surface area (TPSA) is 95.9 Å². The van der Waals surface area contributed by atoms with E-state index >= 15 is 0 Å². The summed E-state index contributed by atoms with van der Waals surface area (Å²) in [5.74, 6) is -0.185. The highest BCUT2D eigenvalue weighted by atomic mass is 16.5. The van der Waals surface area contributed by atoms with Crippen LogP contribution >= 0.6 is 0 Å². The second kappa shape index (κ2) is 40.6. The number of ether oxygens (including phenoxy) is 1. The van der Waals surface area contributed by atoms with E-state index in [9.17, 15) is 19.8 Å². The Labute approximate surface area is 315 Å². The van der Waals surface area contributed by atoms with E-state index in [0.29, 0.717) is 25.9 Å². The highest BCUT2D eigenvalue weighted by molar-refractivity contribution is 5.76. The third kappa shape index (κ3) is 37.4. The van der Waals surface area contributed by atoms with Crippen molar-refractivity contribution in [3.63, 3.8) is 0 Å². The number of esters is 1. The van der Waals surface area contributed by atoms with Gasteiger partial charge in [-0.1, -0.05) is 159 Å². The Balaban J connectivity index is 3.61. The van der Waals surface area contributed by atoms with Gasteiger partial charge in [0.25, 0.3) is 0 Å². The standard InChI is InChI=1S/C45H81NO5/c1-3-5-7-9-11-13-14-19-23-27-31-35-39-45(50)51-40-36-32-28-24-20-17-15-16-18-22-26-30-34-38-44(49)46-42(41-47)43(48)37-33-29-25-21-12-10-8-6-4-2/h11,13,16,18,26,30,33,37,42-43,47-48H,3-10,12,14-15,17,19-25,27-29,31-32,34-36,38-41H2,1-2H3,(H,46,49)/b13-11-,18-16-,30-26-,37-33+. The maximum absolute atomic E-state index is 12.3. The van der Waals surface area contributed by atoms with Crippen molar-refractivity contribution < 1.29 is 24.5 Å². The van der Waals surface area contributed by atoms with Gasteiger partial charge >= 0.3 is 5.97 Å². The third-order valence-electron chi connectivity index (χ3n) is 9.33. The predicted molar refractivity (Wildman–Crippen MR) is 218 cm³/mol. The summed E-state index contributed by atoms with van der Waals surface area (Å²) in [5, 5.41) is 22.7. The molecule has 0 spiro atoms. The Bertz CT molecular complexity index is 880. The second-order valence-electron chi connectivity index (χ2n) is 14.3. The van der Waals surface area contributed by atoms with Crippen molar-refractivity contribution in [2.75, 3.05) is 13.2 Å². The molecule has 0 radical (unpaired) electrons. The molecule has 2 atom stereocenters. The zero-order chi connectivity index (χ0) is 37.3. The molecule has 0 aromatic carbocycles. The first-order chi connectivity index (χ1) is 25.0. The molecule has 2 unspecified atom stereocenters. The van der Waals surface area contributed by atoms with Gasteiger partial charge in [-0.15, -0.1) is 0 Å². The first-order valence-electron chi connectivity index (χ1n) is 21.4. The van der Waals surface area contributed by atoms with Gasteiger partial charge in [0.1, 0.15) is 0 Å². The van der Waals surface area contributed by atoms with Crippen molar-refractivity contribution in [1.29, 1.82) is 0 Å². The van der Waals surface area contributed by atoms with Gasteiger partial charge in [-0.3, -0.25) is 9.59 Å². The highest BCUT2D eigenvalue weighted by Gasteiger charge is 2.17. The molecule has 6 heteroatoms. The number of hydrogen-bond donors (Lipinski definition) is 3. The van der Waals surface area contributed by atoms with Crippen LogP contribution < -0.4 is 5.32 Å². The van der Waals surface area contributed by atoms with Crippen molar-refractivity contribution >= 4 is 11.9 Å². The molecule has 0 aromatic heterocycles. The quantitative estimate of drug-likeness (QED) is 0.0336. The minimum Gasteiger partial charge on any atom is -0.466 e.